The summed E-state index contributed by atoms with van der Waals surface area (Å²) in [6.45, 7) is 1.89. The number of ketones is 1. The van der Waals surface area contributed by atoms with E-state index >= 15 is 0 Å². The lowest BCUT2D eigenvalue weighted by Crippen LogP contribution is -2.22. The van der Waals surface area contributed by atoms with E-state index in [9.17, 15) is 14.3 Å². The minimum atomic E-state index is -0.953. The first-order valence-electron chi connectivity index (χ1n) is 5.19. The van der Waals surface area contributed by atoms with E-state index < -0.39 is 11.9 Å². The number of aliphatic hydroxyl groups excluding tert-OH is 1. The van der Waals surface area contributed by atoms with Gasteiger partial charge in [-0.3, -0.25) is 4.79 Å². The molecule has 1 N–H and O–H groups in total. The average Bonchev–Trinajstić information content (AvgIpc) is 2.22. The molecule has 1 unspecified atom stereocenters. The highest BCUT2D eigenvalue weighted by Crippen LogP contribution is 2.18. The zero-order valence-corrected chi connectivity index (χ0v) is 9.80. The largest absolute Gasteiger partial charge is 0.385 e. The summed E-state index contributed by atoms with van der Waals surface area (Å²) < 4.78 is 12.7. The van der Waals surface area contributed by atoms with E-state index in [1.54, 1.807) is 0 Å². The Morgan fingerprint density at radius 1 is 1.56 bits per heavy atom. The molecular formula is C12H14ClFO2. The molecule has 2 nitrogen and oxygen atoms in total. The summed E-state index contributed by atoms with van der Waals surface area (Å²) in [4.78, 5) is 11.5. The Labute approximate surface area is 99.0 Å². The van der Waals surface area contributed by atoms with Gasteiger partial charge in [0.25, 0.3) is 0 Å². The van der Waals surface area contributed by atoms with Crippen LogP contribution < -0.4 is 0 Å². The zero-order chi connectivity index (χ0) is 12.1. The lowest BCUT2D eigenvalue weighted by atomic mass is 10.0. The predicted molar refractivity (Wildman–Crippen MR) is 61.0 cm³/mol. The first kappa shape index (κ1) is 13.1. The number of benzene rings is 1. The number of aliphatic hydroxyl groups is 1. The number of Topliss-reactive ketones (excluding diaryl/α,β-unsaturated/α-hetero) is 1. The van der Waals surface area contributed by atoms with Gasteiger partial charge in [-0.2, -0.15) is 0 Å². The zero-order valence-electron chi connectivity index (χ0n) is 9.04. The highest BCUT2D eigenvalue weighted by molar-refractivity contribution is 6.31. The van der Waals surface area contributed by atoms with E-state index in [1.807, 2.05) is 6.92 Å². The van der Waals surface area contributed by atoms with E-state index in [1.165, 1.54) is 12.1 Å². The molecule has 0 saturated heterocycles. The van der Waals surface area contributed by atoms with Crippen LogP contribution in [0.4, 0.5) is 4.39 Å². The molecule has 0 spiro atoms. The standard InChI is InChI=1S/C12H14ClFO2/c1-2-3-11(15)12(16)6-8-4-5-9(14)7-10(8)13/h4-5,7,11,15H,2-3,6H2,1H3. The average molecular weight is 245 g/mol. The van der Waals surface area contributed by atoms with Gasteiger partial charge < -0.3 is 5.11 Å². The molecule has 0 aliphatic rings. The van der Waals surface area contributed by atoms with Crippen molar-refractivity contribution in [2.24, 2.45) is 0 Å². The maximum absolute atomic E-state index is 12.7. The fraction of sp³-hybridized carbons (Fsp3) is 0.417. The summed E-state index contributed by atoms with van der Waals surface area (Å²) in [7, 11) is 0. The highest BCUT2D eigenvalue weighted by Gasteiger charge is 2.15. The number of hydrogen-bond acceptors (Lipinski definition) is 2. The smallest absolute Gasteiger partial charge is 0.165 e. The summed E-state index contributed by atoms with van der Waals surface area (Å²) in [6, 6.07) is 3.88. The molecule has 0 fully saturated rings. The molecule has 1 rings (SSSR count). The molecule has 0 amide bonds. The van der Waals surface area contributed by atoms with Gasteiger partial charge in [-0.1, -0.05) is 31.0 Å². The molecule has 16 heavy (non-hydrogen) atoms. The fourth-order valence-electron chi connectivity index (χ4n) is 1.40. The van der Waals surface area contributed by atoms with Crippen molar-refractivity contribution in [2.45, 2.75) is 32.3 Å². The second-order valence-corrected chi connectivity index (χ2v) is 4.09. The third kappa shape index (κ3) is 3.58. The Morgan fingerprint density at radius 2 is 2.25 bits per heavy atom. The molecule has 0 radical (unpaired) electrons. The molecule has 0 saturated carbocycles. The second-order valence-electron chi connectivity index (χ2n) is 3.68. The van der Waals surface area contributed by atoms with Crippen LogP contribution in [0.15, 0.2) is 18.2 Å². The van der Waals surface area contributed by atoms with Gasteiger partial charge in [-0.25, -0.2) is 4.39 Å². The molecule has 0 bridgehead atoms. The van der Waals surface area contributed by atoms with E-state index in [2.05, 4.69) is 0 Å². The third-order valence-electron chi connectivity index (χ3n) is 2.31. The van der Waals surface area contributed by atoms with Crippen LogP contribution in [-0.4, -0.2) is 17.0 Å². The minimum Gasteiger partial charge on any atom is -0.385 e. The Hall–Kier alpha value is -0.930. The summed E-state index contributed by atoms with van der Waals surface area (Å²) in [6.07, 6.45) is 0.272. The van der Waals surface area contributed by atoms with Crippen LogP contribution in [0, 0.1) is 5.82 Å². The van der Waals surface area contributed by atoms with Gasteiger partial charge in [0, 0.05) is 11.4 Å². The molecule has 88 valence electrons. The van der Waals surface area contributed by atoms with Gasteiger partial charge in [0.15, 0.2) is 5.78 Å². The maximum Gasteiger partial charge on any atom is 0.165 e. The normalized spacial score (nSPS) is 12.5. The van der Waals surface area contributed by atoms with Gasteiger partial charge in [0.05, 0.1) is 0 Å². The van der Waals surface area contributed by atoms with E-state index in [-0.39, 0.29) is 17.2 Å². The number of carbonyl (C=O) groups excluding carboxylic acids is 1. The summed E-state index contributed by atoms with van der Waals surface area (Å²) in [5.74, 6) is -0.717. The van der Waals surface area contributed by atoms with E-state index in [0.29, 0.717) is 12.0 Å². The number of carbonyl (C=O) groups is 1. The van der Waals surface area contributed by atoms with Gasteiger partial charge in [0.1, 0.15) is 11.9 Å². The van der Waals surface area contributed by atoms with Crippen LogP contribution in [0.3, 0.4) is 0 Å². The van der Waals surface area contributed by atoms with Crippen LogP contribution in [0.2, 0.25) is 5.02 Å². The first-order valence-corrected chi connectivity index (χ1v) is 5.57. The molecule has 0 aliphatic heterocycles. The fourth-order valence-corrected chi connectivity index (χ4v) is 1.64. The number of hydrogen-bond donors (Lipinski definition) is 1. The van der Waals surface area contributed by atoms with Crippen LogP contribution in [0.25, 0.3) is 0 Å². The maximum atomic E-state index is 12.7. The Balaban J connectivity index is 2.69. The Bertz CT molecular complexity index is 379. The molecular weight excluding hydrogens is 231 g/mol. The lowest BCUT2D eigenvalue weighted by Gasteiger charge is -2.09. The van der Waals surface area contributed by atoms with E-state index in [0.717, 1.165) is 12.5 Å². The highest BCUT2D eigenvalue weighted by atomic mass is 35.5. The molecule has 0 aliphatic carbocycles. The van der Waals surface area contributed by atoms with Crippen LogP contribution in [0.5, 0.6) is 0 Å². The lowest BCUT2D eigenvalue weighted by molar-refractivity contribution is -0.126. The second kappa shape index (κ2) is 5.97. The molecule has 4 heteroatoms. The molecule has 1 atom stereocenters. The molecule has 1 aromatic rings. The summed E-state index contributed by atoms with van der Waals surface area (Å²) >= 11 is 5.78. The van der Waals surface area contributed by atoms with Crippen molar-refractivity contribution in [2.75, 3.05) is 0 Å². The van der Waals surface area contributed by atoms with Crippen molar-refractivity contribution in [1.29, 1.82) is 0 Å². The number of rotatable bonds is 5. The van der Waals surface area contributed by atoms with Crippen molar-refractivity contribution < 1.29 is 14.3 Å². The van der Waals surface area contributed by atoms with Crippen molar-refractivity contribution in [3.8, 4) is 0 Å². The van der Waals surface area contributed by atoms with Gasteiger partial charge in [-0.15, -0.1) is 0 Å². The molecule has 1 aromatic carbocycles. The third-order valence-corrected chi connectivity index (χ3v) is 2.67. The SMILES string of the molecule is CCCC(O)C(=O)Cc1ccc(F)cc1Cl. The topological polar surface area (TPSA) is 37.3 Å². The summed E-state index contributed by atoms with van der Waals surface area (Å²) in [5.41, 5.74) is 0.545. The van der Waals surface area contributed by atoms with Crippen molar-refractivity contribution in [3.05, 3.63) is 34.6 Å². The molecule has 0 heterocycles. The van der Waals surface area contributed by atoms with Crippen molar-refractivity contribution in [3.63, 3.8) is 0 Å². The van der Waals surface area contributed by atoms with Crippen molar-refractivity contribution >= 4 is 17.4 Å². The predicted octanol–water partition coefficient (Wildman–Crippen LogP) is 2.75. The number of halogens is 2. The summed E-state index contributed by atoms with van der Waals surface area (Å²) in [5, 5.41) is 9.68. The van der Waals surface area contributed by atoms with Gasteiger partial charge in [-0.05, 0) is 24.1 Å². The van der Waals surface area contributed by atoms with Crippen molar-refractivity contribution in [1.82, 2.24) is 0 Å². The Morgan fingerprint density at radius 3 is 2.81 bits per heavy atom. The van der Waals surface area contributed by atoms with Gasteiger partial charge >= 0.3 is 0 Å². The molecule has 0 aromatic heterocycles. The quantitative estimate of drug-likeness (QED) is 0.865. The monoisotopic (exact) mass is 244 g/mol. The van der Waals surface area contributed by atoms with E-state index in [4.69, 9.17) is 11.6 Å². The van der Waals surface area contributed by atoms with Crippen LogP contribution in [0.1, 0.15) is 25.3 Å². The van der Waals surface area contributed by atoms with Crippen LogP contribution in [-0.2, 0) is 11.2 Å². The first-order chi connectivity index (χ1) is 7.54. The minimum absolute atomic E-state index is 0.0419. The van der Waals surface area contributed by atoms with Crippen LogP contribution >= 0.6 is 11.6 Å². The van der Waals surface area contributed by atoms with Gasteiger partial charge in [0.2, 0.25) is 0 Å². The Kier molecular flexibility index (Phi) is 4.90.